The van der Waals surface area contributed by atoms with Crippen molar-refractivity contribution in [2.24, 2.45) is 0 Å². The first-order valence-corrected chi connectivity index (χ1v) is 6.89. The molecule has 0 aliphatic rings. The summed E-state index contributed by atoms with van der Waals surface area (Å²) in [6.45, 7) is 4.10. The zero-order valence-electron chi connectivity index (χ0n) is 11.9. The standard InChI is InChI=1S/C15H20N4O/c1-3-7-12-13(16)14(19-18-12)15(20)17-11-9-6-5-8-10(11)4-2/h5-6,8-9H,3-4,7,16H2,1-2H3,(H,17,20)(H,18,19). The van der Waals surface area contributed by atoms with Crippen molar-refractivity contribution in [2.45, 2.75) is 33.1 Å². The Bertz CT molecular complexity index is 604. The summed E-state index contributed by atoms with van der Waals surface area (Å²) >= 11 is 0. The molecule has 0 bridgehead atoms. The number of para-hydroxylation sites is 1. The number of carbonyl (C=O) groups excluding carboxylic acids is 1. The molecule has 2 aromatic rings. The highest BCUT2D eigenvalue weighted by Crippen LogP contribution is 2.20. The third-order valence-electron chi connectivity index (χ3n) is 3.24. The van der Waals surface area contributed by atoms with Crippen LogP contribution in [0.25, 0.3) is 0 Å². The van der Waals surface area contributed by atoms with Crippen LogP contribution in [0.5, 0.6) is 0 Å². The van der Waals surface area contributed by atoms with Crippen LogP contribution in [0.3, 0.4) is 0 Å². The Kier molecular flexibility index (Phi) is 4.40. The number of aromatic amines is 1. The summed E-state index contributed by atoms with van der Waals surface area (Å²) in [5.74, 6) is -0.276. The number of nitrogens with two attached hydrogens (primary N) is 1. The number of amides is 1. The summed E-state index contributed by atoms with van der Waals surface area (Å²) in [7, 11) is 0. The molecule has 5 heteroatoms. The largest absolute Gasteiger partial charge is 0.395 e. The van der Waals surface area contributed by atoms with Crippen LogP contribution in [0.4, 0.5) is 11.4 Å². The predicted octanol–water partition coefficient (Wildman–Crippen LogP) is 2.76. The lowest BCUT2D eigenvalue weighted by Gasteiger charge is -2.08. The molecule has 0 unspecified atom stereocenters. The minimum absolute atomic E-state index is 0.263. The van der Waals surface area contributed by atoms with E-state index in [1.165, 1.54) is 0 Å². The van der Waals surface area contributed by atoms with E-state index in [2.05, 4.69) is 22.4 Å². The van der Waals surface area contributed by atoms with Gasteiger partial charge < -0.3 is 11.1 Å². The van der Waals surface area contributed by atoms with Crippen molar-refractivity contribution in [3.8, 4) is 0 Å². The van der Waals surface area contributed by atoms with Gasteiger partial charge in [0.2, 0.25) is 0 Å². The van der Waals surface area contributed by atoms with Gasteiger partial charge in [0.15, 0.2) is 5.69 Å². The molecule has 106 valence electrons. The van der Waals surface area contributed by atoms with Crippen molar-refractivity contribution in [1.29, 1.82) is 0 Å². The van der Waals surface area contributed by atoms with Crippen molar-refractivity contribution >= 4 is 17.3 Å². The number of carbonyl (C=O) groups is 1. The summed E-state index contributed by atoms with van der Waals surface area (Å²) in [6.07, 6.45) is 2.59. The van der Waals surface area contributed by atoms with Crippen LogP contribution in [-0.4, -0.2) is 16.1 Å². The van der Waals surface area contributed by atoms with E-state index in [1.807, 2.05) is 31.2 Å². The molecule has 1 aromatic heterocycles. The van der Waals surface area contributed by atoms with Gasteiger partial charge in [0.05, 0.1) is 11.4 Å². The Morgan fingerprint density at radius 2 is 2.10 bits per heavy atom. The van der Waals surface area contributed by atoms with E-state index in [0.717, 1.165) is 36.2 Å². The fourth-order valence-corrected chi connectivity index (χ4v) is 2.13. The molecule has 0 aliphatic carbocycles. The van der Waals surface area contributed by atoms with Gasteiger partial charge in [-0.05, 0) is 24.5 Å². The number of hydrogen-bond acceptors (Lipinski definition) is 3. The summed E-state index contributed by atoms with van der Waals surface area (Å²) < 4.78 is 0. The highest BCUT2D eigenvalue weighted by molar-refractivity contribution is 6.06. The number of aromatic nitrogens is 2. The van der Waals surface area contributed by atoms with Crippen LogP contribution in [0.1, 0.15) is 42.0 Å². The number of nitrogen functional groups attached to an aromatic ring is 1. The van der Waals surface area contributed by atoms with Crippen molar-refractivity contribution in [3.05, 3.63) is 41.2 Å². The van der Waals surface area contributed by atoms with Crippen LogP contribution in [-0.2, 0) is 12.8 Å². The lowest BCUT2D eigenvalue weighted by molar-refractivity contribution is 0.102. The highest BCUT2D eigenvalue weighted by atomic mass is 16.2. The average molecular weight is 272 g/mol. The molecule has 4 N–H and O–H groups in total. The summed E-state index contributed by atoms with van der Waals surface area (Å²) in [6, 6.07) is 7.72. The number of nitrogens with one attached hydrogen (secondary N) is 2. The number of hydrogen-bond donors (Lipinski definition) is 3. The molecule has 2 rings (SSSR count). The van der Waals surface area contributed by atoms with E-state index >= 15 is 0 Å². The third kappa shape index (κ3) is 2.82. The molecule has 0 aliphatic heterocycles. The number of benzene rings is 1. The van der Waals surface area contributed by atoms with Gasteiger partial charge in [0.1, 0.15) is 0 Å². The van der Waals surface area contributed by atoms with Crippen molar-refractivity contribution in [1.82, 2.24) is 10.2 Å². The molecular formula is C15H20N4O. The number of rotatable bonds is 5. The van der Waals surface area contributed by atoms with Crippen LogP contribution >= 0.6 is 0 Å². The van der Waals surface area contributed by atoms with Crippen molar-refractivity contribution in [3.63, 3.8) is 0 Å². The van der Waals surface area contributed by atoms with Gasteiger partial charge in [-0.15, -0.1) is 0 Å². The van der Waals surface area contributed by atoms with Crippen LogP contribution in [0.2, 0.25) is 0 Å². The van der Waals surface area contributed by atoms with Gasteiger partial charge in [-0.2, -0.15) is 5.10 Å². The normalized spacial score (nSPS) is 10.5. The molecule has 20 heavy (non-hydrogen) atoms. The number of aryl methyl sites for hydroxylation is 2. The first kappa shape index (κ1) is 14.1. The molecule has 0 atom stereocenters. The van der Waals surface area contributed by atoms with Crippen molar-refractivity contribution in [2.75, 3.05) is 11.1 Å². The number of nitrogens with zero attached hydrogens (tertiary/aromatic N) is 1. The second-order valence-corrected chi connectivity index (χ2v) is 4.68. The van der Waals surface area contributed by atoms with E-state index in [4.69, 9.17) is 5.73 Å². The molecule has 5 nitrogen and oxygen atoms in total. The average Bonchev–Trinajstić information content (AvgIpc) is 2.81. The smallest absolute Gasteiger partial charge is 0.278 e. The zero-order chi connectivity index (χ0) is 14.5. The maximum atomic E-state index is 12.2. The van der Waals surface area contributed by atoms with Gasteiger partial charge >= 0.3 is 0 Å². The Labute approximate surface area is 118 Å². The quantitative estimate of drug-likeness (QED) is 0.782. The molecule has 0 saturated carbocycles. The molecule has 1 heterocycles. The SMILES string of the molecule is CCCc1[nH]nc(C(=O)Nc2ccccc2CC)c1N. The minimum atomic E-state index is -0.276. The Morgan fingerprint density at radius 3 is 2.80 bits per heavy atom. The monoisotopic (exact) mass is 272 g/mol. The second kappa shape index (κ2) is 6.23. The Hall–Kier alpha value is -2.30. The van der Waals surface area contributed by atoms with Crippen molar-refractivity contribution < 1.29 is 4.79 Å². The van der Waals surface area contributed by atoms with Crippen LogP contribution < -0.4 is 11.1 Å². The number of anilines is 2. The molecule has 0 fully saturated rings. The Morgan fingerprint density at radius 1 is 1.35 bits per heavy atom. The van der Waals surface area contributed by atoms with Gasteiger partial charge in [-0.1, -0.05) is 38.5 Å². The van der Waals surface area contributed by atoms with Gasteiger partial charge in [0.25, 0.3) is 5.91 Å². The van der Waals surface area contributed by atoms with E-state index in [9.17, 15) is 4.79 Å². The molecular weight excluding hydrogens is 252 g/mol. The first-order chi connectivity index (χ1) is 9.67. The zero-order valence-corrected chi connectivity index (χ0v) is 11.9. The van der Waals surface area contributed by atoms with Gasteiger partial charge in [0, 0.05) is 5.69 Å². The minimum Gasteiger partial charge on any atom is -0.395 e. The first-order valence-electron chi connectivity index (χ1n) is 6.89. The lowest BCUT2D eigenvalue weighted by Crippen LogP contribution is -2.15. The lowest BCUT2D eigenvalue weighted by atomic mass is 10.1. The summed E-state index contributed by atoms with van der Waals surface area (Å²) in [5, 5.41) is 9.73. The summed E-state index contributed by atoms with van der Waals surface area (Å²) in [4.78, 5) is 12.2. The van der Waals surface area contributed by atoms with E-state index in [-0.39, 0.29) is 11.6 Å². The molecule has 0 spiro atoms. The van der Waals surface area contributed by atoms with Gasteiger partial charge in [-0.3, -0.25) is 9.89 Å². The van der Waals surface area contributed by atoms with E-state index in [1.54, 1.807) is 0 Å². The molecule has 0 radical (unpaired) electrons. The second-order valence-electron chi connectivity index (χ2n) is 4.68. The fraction of sp³-hybridized carbons (Fsp3) is 0.333. The predicted molar refractivity (Wildman–Crippen MR) is 80.8 cm³/mol. The topological polar surface area (TPSA) is 83.8 Å². The summed E-state index contributed by atoms with van der Waals surface area (Å²) in [5.41, 5.74) is 9.38. The van der Waals surface area contributed by atoms with E-state index in [0.29, 0.717) is 5.69 Å². The third-order valence-corrected chi connectivity index (χ3v) is 3.24. The molecule has 0 saturated heterocycles. The maximum absolute atomic E-state index is 12.2. The number of H-pyrrole nitrogens is 1. The molecule has 1 aromatic carbocycles. The van der Waals surface area contributed by atoms with E-state index < -0.39 is 0 Å². The maximum Gasteiger partial charge on any atom is 0.278 e. The van der Waals surface area contributed by atoms with Gasteiger partial charge in [-0.25, -0.2) is 0 Å². The Balaban J connectivity index is 2.20. The highest BCUT2D eigenvalue weighted by Gasteiger charge is 2.17. The van der Waals surface area contributed by atoms with Crippen LogP contribution in [0.15, 0.2) is 24.3 Å². The van der Waals surface area contributed by atoms with Crippen LogP contribution in [0, 0.1) is 0 Å². The molecule has 1 amide bonds. The fourth-order valence-electron chi connectivity index (χ4n) is 2.13.